The number of aryl methyl sites for hydroxylation is 1. The van der Waals surface area contributed by atoms with Crippen molar-refractivity contribution in [1.29, 1.82) is 0 Å². The molecule has 0 spiro atoms. The molecular formula is C16H15BrO3. The number of aliphatic hydroxyl groups excluding tert-OH is 1. The first kappa shape index (κ1) is 13.5. The molecule has 1 atom stereocenters. The van der Waals surface area contributed by atoms with Crippen LogP contribution < -0.4 is 9.47 Å². The first-order valence-electron chi connectivity index (χ1n) is 6.49. The summed E-state index contributed by atoms with van der Waals surface area (Å²) in [6.45, 7) is 3.10. The van der Waals surface area contributed by atoms with Crippen molar-refractivity contribution in [2.75, 3.05) is 13.2 Å². The van der Waals surface area contributed by atoms with Crippen LogP contribution in [0.3, 0.4) is 0 Å². The average molecular weight is 335 g/mol. The maximum absolute atomic E-state index is 10.6. The molecule has 0 bridgehead atoms. The monoisotopic (exact) mass is 334 g/mol. The minimum Gasteiger partial charge on any atom is -0.486 e. The molecule has 20 heavy (non-hydrogen) atoms. The molecule has 0 aromatic heterocycles. The molecule has 0 radical (unpaired) electrons. The summed E-state index contributed by atoms with van der Waals surface area (Å²) >= 11 is 3.50. The standard InChI is InChI=1S/C16H15BrO3/c1-10-3-2-4-11(7-10)16(18)12-8-14-15(9-13(12)17)20-6-5-19-14/h2-4,7-9,16,18H,5-6H2,1H3. The Hall–Kier alpha value is -1.52. The predicted octanol–water partition coefficient (Wildman–Crippen LogP) is 3.61. The quantitative estimate of drug-likeness (QED) is 0.911. The summed E-state index contributed by atoms with van der Waals surface area (Å²) in [4.78, 5) is 0. The van der Waals surface area contributed by atoms with Gasteiger partial charge in [-0.25, -0.2) is 0 Å². The van der Waals surface area contributed by atoms with E-state index in [0.29, 0.717) is 24.7 Å². The number of hydrogen-bond donors (Lipinski definition) is 1. The Morgan fingerprint density at radius 1 is 1.10 bits per heavy atom. The van der Waals surface area contributed by atoms with Gasteiger partial charge in [-0.05, 0) is 24.6 Å². The number of halogens is 1. The second kappa shape index (κ2) is 5.46. The molecule has 1 aliphatic heterocycles. The highest BCUT2D eigenvalue weighted by Crippen LogP contribution is 2.39. The largest absolute Gasteiger partial charge is 0.486 e. The lowest BCUT2D eigenvalue weighted by atomic mass is 9.99. The molecule has 2 aromatic rings. The number of ether oxygens (including phenoxy) is 2. The number of fused-ring (bicyclic) bond motifs is 1. The summed E-state index contributed by atoms with van der Waals surface area (Å²) in [5, 5.41) is 10.6. The van der Waals surface area contributed by atoms with E-state index in [4.69, 9.17) is 9.47 Å². The molecule has 104 valence electrons. The highest BCUT2D eigenvalue weighted by Gasteiger charge is 2.20. The summed E-state index contributed by atoms with van der Waals surface area (Å²) in [5.41, 5.74) is 2.76. The van der Waals surface area contributed by atoms with Gasteiger partial charge < -0.3 is 14.6 Å². The number of hydrogen-bond acceptors (Lipinski definition) is 3. The number of rotatable bonds is 2. The minimum atomic E-state index is -0.694. The van der Waals surface area contributed by atoms with Crippen molar-refractivity contribution in [1.82, 2.24) is 0 Å². The molecule has 0 saturated heterocycles. The van der Waals surface area contributed by atoms with Crippen LogP contribution in [0.1, 0.15) is 22.8 Å². The highest BCUT2D eigenvalue weighted by atomic mass is 79.9. The van der Waals surface area contributed by atoms with Gasteiger partial charge in [-0.3, -0.25) is 0 Å². The smallest absolute Gasteiger partial charge is 0.162 e. The van der Waals surface area contributed by atoms with Crippen molar-refractivity contribution >= 4 is 15.9 Å². The van der Waals surface area contributed by atoms with E-state index < -0.39 is 6.10 Å². The van der Waals surface area contributed by atoms with Crippen LogP contribution in [0, 0.1) is 6.92 Å². The van der Waals surface area contributed by atoms with Crippen LogP contribution in [0.2, 0.25) is 0 Å². The van der Waals surface area contributed by atoms with E-state index in [9.17, 15) is 5.11 Å². The molecule has 0 amide bonds. The Bertz CT molecular complexity index is 640. The first-order valence-corrected chi connectivity index (χ1v) is 7.28. The van der Waals surface area contributed by atoms with Crippen molar-refractivity contribution in [2.24, 2.45) is 0 Å². The molecule has 0 fully saturated rings. The van der Waals surface area contributed by atoms with Crippen molar-refractivity contribution in [3.05, 3.63) is 57.6 Å². The molecule has 0 aliphatic carbocycles. The van der Waals surface area contributed by atoms with Gasteiger partial charge >= 0.3 is 0 Å². The molecule has 1 unspecified atom stereocenters. The Morgan fingerprint density at radius 3 is 2.50 bits per heavy atom. The molecular weight excluding hydrogens is 320 g/mol. The van der Waals surface area contributed by atoms with Gasteiger partial charge in [-0.1, -0.05) is 45.8 Å². The van der Waals surface area contributed by atoms with E-state index in [1.54, 1.807) is 0 Å². The van der Waals surface area contributed by atoms with Gasteiger partial charge in [0.05, 0.1) is 0 Å². The zero-order valence-corrected chi connectivity index (χ0v) is 12.7. The topological polar surface area (TPSA) is 38.7 Å². The van der Waals surface area contributed by atoms with Crippen LogP contribution in [0.15, 0.2) is 40.9 Å². The number of benzene rings is 2. The molecule has 1 aliphatic rings. The predicted molar refractivity (Wildman–Crippen MR) is 80.4 cm³/mol. The Kier molecular flexibility index (Phi) is 3.68. The molecule has 3 nitrogen and oxygen atoms in total. The van der Waals surface area contributed by atoms with Crippen LogP contribution in [0.4, 0.5) is 0 Å². The Balaban J connectivity index is 2.01. The maximum Gasteiger partial charge on any atom is 0.162 e. The SMILES string of the molecule is Cc1cccc(C(O)c2cc3c(cc2Br)OCCO3)c1. The first-order chi connectivity index (χ1) is 9.65. The Labute approximate surface area is 126 Å². The van der Waals surface area contributed by atoms with Crippen LogP contribution in [-0.2, 0) is 0 Å². The fourth-order valence-corrected chi connectivity index (χ4v) is 2.85. The molecule has 1 N–H and O–H groups in total. The number of aliphatic hydroxyl groups is 1. The minimum absolute atomic E-state index is 0.536. The lowest BCUT2D eigenvalue weighted by Gasteiger charge is -2.21. The normalized spacial score (nSPS) is 14.9. The summed E-state index contributed by atoms with van der Waals surface area (Å²) in [7, 11) is 0. The van der Waals surface area contributed by atoms with Gasteiger partial charge in [-0.15, -0.1) is 0 Å². The van der Waals surface area contributed by atoms with Crippen LogP contribution in [0.5, 0.6) is 11.5 Å². The van der Waals surface area contributed by atoms with Gasteiger partial charge in [0.2, 0.25) is 0 Å². The fourth-order valence-electron chi connectivity index (χ4n) is 2.31. The third kappa shape index (κ3) is 2.53. The van der Waals surface area contributed by atoms with Crippen LogP contribution in [-0.4, -0.2) is 18.3 Å². The fraction of sp³-hybridized carbons (Fsp3) is 0.250. The maximum atomic E-state index is 10.6. The molecule has 3 rings (SSSR count). The van der Waals surface area contributed by atoms with Crippen molar-refractivity contribution < 1.29 is 14.6 Å². The lowest BCUT2D eigenvalue weighted by Crippen LogP contribution is -2.16. The van der Waals surface area contributed by atoms with E-state index in [1.807, 2.05) is 43.3 Å². The summed E-state index contributed by atoms with van der Waals surface area (Å²) in [6.07, 6.45) is -0.694. The summed E-state index contributed by atoms with van der Waals surface area (Å²) < 4.78 is 11.9. The van der Waals surface area contributed by atoms with E-state index in [2.05, 4.69) is 15.9 Å². The zero-order chi connectivity index (χ0) is 14.1. The van der Waals surface area contributed by atoms with Gasteiger partial charge in [-0.2, -0.15) is 0 Å². The van der Waals surface area contributed by atoms with Gasteiger partial charge in [0.25, 0.3) is 0 Å². The van der Waals surface area contributed by atoms with E-state index in [-0.39, 0.29) is 0 Å². The molecule has 1 heterocycles. The van der Waals surface area contributed by atoms with E-state index in [1.165, 1.54) is 0 Å². The van der Waals surface area contributed by atoms with E-state index in [0.717, 1.165) is 21.2 Å². The van der Waals surface area contributed by atoms with Gasteiger partial charge in [0, 0.05) is 10.0 Å². The summed E-state index contributed by atoms with van der Waals surface area (Å²) in [6, 6.07) is 11.5. The van der Waals surface area contributed by atoms with Crippen LogP contribution >= 0.6 is 15.9 Å². The van der Waals surface area contributed by atoms with E-state index >= 15 is 0 Å². The molecule has 0 saturated carbocycles. The second-order valence-corrected chi connectivity index (χ2v) is 5.69. The van der Waals surface area contributed by atoms with Crippen molar-refractivity contribution in [3.8, 4) is 11.5 Å². The summed E-state index contributed by atoms with van der Waals surface area (Å²) in [5.74, 6) is 1.39. The van der Waals surface area contributed by atoms with Gasteiger partial charge in [0.1, 0.15) is 19.3 Å². The van der Waals surface area contributed by atoms with Crippen LogP contribution in [0.25, 0.3) is 0 Å². The molecule has 2 aromatic carbocycles. The highest BCUT2D eigenvalue weighted by molar-refractivity contribution is 9.10. The second-order valence-electron chi connectivity index (χ2n) is 4.83. The Morgan fingerprint density at radius 2 is 1.80 bits per heavy atom. The molecule has 4 heteroatoms. The van der Waals surface area contributed by atoms with Crippen molar-refractivity contribution in [2.45, 2.75) is 13.0 Å². The van der Waals surface area contributed by atoms with Crippen molar-refractivity contribution in [3.63, 3.8) is 0 Å². The van der Waals surface area contributed by atoms with Gasteiger partial charge in [0.15, 0.2) is 11.5 Å². The zero-order valence-electron chi connectivity index (χ0n) is 11.1. The third-order valence-electron chi connectivity index (χ3n) is 3.31. The average Bonchev–Trinajstić information content (AvgIpc) is 2.46. The third-order valence-corrected chi connectivity index (χ3v) is 4.00. The lowest BCUT2D eigenvalue weighted by molar-refractivity contribution is 0.169.